The van der Waals surface area contributed by atoms with Gasteiger partial charge in [-0.3, -0.25) is 19.7 Å². The topological polar surface area (TPSA) is 68.2 Å². The molecule has 1 fully saturated rings. The molecule has 5 heteroatoms. The van der Waals surface area contributed by atoms with E-state index in [0.717, 1.165) is 12.0 Å². The third-order valence-electron chi connectivity index (χ3n) is 3.19. The number of rotatable bonds is 3. The maximum absolute atomic E-state index is 11.9. The molecular formula is C14H18N2O3. The van der Waals surface area contributed by atoms with Crippen molar-refractivity contribution in [2.45, 2.75) is 39.2 Å². The molecule has 1 aliphatic rings. The largest absolute Gasteiger partial charge is 0.303 e. The number of piperidine rings is 1. The predicted molar refractivity (Wildman–Crippen MR) is 70.7 cm³/mol. The van der Waals surface area contributed by atoms with Gasteiger partial charge in [-0.05, 0) is 24.3 Å². The first-order chi connectivity index (χ1) is 8.97. The number of amides is 2. The van der Waals surface area contributed by atoms with Crippen molar-refractivity contribution in [3.05, 3.63) is 34.2 Å². The predicted octanol–water partition coefficient (Wildman–Crippen LogP) is 1.02. The van der Waals surface area contributed by atoms with E-state index in [1.165, 1.54) is 10.6 Å². The Morgan fingerprint density at radius 1 is 1.32 bits per heavy atom. The minimum Gasteiger partial charge on any atom is -0.303 e. The van der Waals surface area contributed by atoms with E-state index in [4.69, 9.17) is 0 Å². The molecule has 0 spiro atoms. The van der Waals surface area contributed by atoms with Gasteiger partial charge in [0.2, 0.25) is 11.8 Å². The summed E-state index contributed by atoms with van der Waals surface area (Å²) >= 11 is 0. The first kappa shape index (κ1) is 13.5. The maximum atomic E-state index is 11.9. The number of pyridine rings is 1. The number of nitrogens with one attached hydrogen (secondary N) is 1. The Morgan fingerprint density at radius 2 is 2.05 bits per heavy atom. The molecule has 19 heavy (non-hydrogen) atoms. The molecule has 1 N–H and O–H groups in total. The zero-order chi connectivity index (χ0) is 14.0. The van der Waals surface area contributed by atoms with Crippen LogP contribution in [-0.4, -0.2) is 16.4 Å². The first-order valence-electron chi connectivity index (χ1n) is 6.52. The van der Waals surface area contributed by atoms with Crippen LogP contribution in [0.5, 0.6) is 0 Å². The number of nitrogens with zero attached hydrogens (tertiary/aromatic N) is 1. The fraction of sp³-hybridized carbons (Fsp3) is 0.500. The van der Waals surface area contributed by atoms with Crippen LogP contribution >= 0.6 is 0 Å². The minimum absolute atomic E-state index is 0.206. The second-order valence-electron chi connectivity index (χ2n) is 5.35. The van der Waals surface area contributed by atoms with Crippen molar-refractivity contribution in [3.63, 3.8) is 0 Å². The van der Waals surface area contributed by atoms with Gasteiger partial charge < -0.3 is 4.57 Å². The minimum atomic E-state index is -0.572. The van der Waals surface area contributed by atoms with Gasteiger partial charge in [-0.2, -0.15) is 0 Å². The van der Waals surface area contributed by atoms with E-state index in [9.17, 15) is 14.4 Å². The van der Waals surface area contributed by atoms with Crippen LogP contribution in [0.1, 0.15) is 38.3 Å². The van der Waals surface area contributed by atoms with Gasteiger partial charge in [0.1, 0.15) is 6.04 Å². The van der Waals surface area contributed by atoms with E-state index in [1.807, 2.05) is 0 Å². The number of aromatic nitrogens is 1. The van der Waals surface area contributed by atoms with E-state index in [0.29, 0.717) is 12.3 Å². The second-order valence-corrected chi connectivity index (χ2v) is 5.35. The van der Waals surface area contributed by atoms with Crippen LogP contribution in [0.2, 0.25) is 0 Å². The van der Waals surface area contributed by atoms with Crippen LogP contribution in [0, 0.1) is 5.92 Å². The van der Waals surface area contributed by atoms with Gasteiger partial charge in [0.05, 0.1) is 0 Å². The molecule has 1 aliphatic heterocycles. The van der Waals surface area contributed by atoms with Crippen molar-refractivity contribution in [1.82, 2.24) is 9.88 Å². The van der Waals surface area contributed by atoms with Crippen molar-refractivity contribution < 1.29 is 9.59 Å². The molecule has 0 aliphatic carbocycles. The average molecular weight is 262 g/mol. The molecule has 1 aromatic rings. The quantitative estimate of drug-likeness (QED) is 0.827. The highest BCUT2D eigenvalue weighted by Crippen LogP contribution is 2.17. The number of carbonyl (C=O) groups excluding carboxylic acids is 2. The van der Waals surface area contributed by atoms with Crippen molar-refractivity contribution in [3.8, 4) is 0 Å². The lowest BCUT2D eigenvalue weighted by molar-refractivity contribution is -0.135. The lowest BCUT2D eigenvalue weighted by Gasteiger charge is -2.23. The molecule has 5 nitrogen and oxygen atoms in total. The van der Waals surface area contributed by atoms with E-state index >= 15 is 0 Å². The Hall–Kier alpha value is -1.91. The maximum Gasteiger partial charge on any atom is 0.251 e. The molecule has 102 valence electrons. The Kier molecular flexibility index (Phi) is 3.83. The van der Waals surface area contributed by atoms with Crippen LogP contribution in [-0.2, 0) is 16.0 Å². The molecule has 0 aromatic carbocycles. The Morgan fingerprint density at radius 3 is 2.68 bits per heavy atom. The van der Waals surface area contributed by atoms with Crippen molar-refractivity contribution in [2.24, 2.45) is 5.92 Å². The molecule has 0 radical (unpaired) electrons. The summed E-state index contributed by atoms with van der Waals surface area (Å²) in [5.74, 6) is -0.180. The molecular weight excluding hydrogens is 244 g/mol. The molecule has 0 bridgehead atoms. The average Bonchev–Trinajstić information content (AvgIpc) is 2.31. The van der Waals surface area contributed by atoms with Gasteiger partial charge >= 0.3 is 0 Å². The third kappa shape index (κ3) is 3.10. The molecule has 2 rings (SSSR count). The van der Waals surface area contributed by atoms with Gasteiger partial charge in [0.25, 0.3) is 5.56 Å². The summed E-state index contributed by atoms with van der Waals surface area (Å²) in [6.45, 7) is 4.20. The third-order valence-corrected chi connectivity index (χ3v) is 3.19. The summed E-state index contributed by atoms with van der Waals surface area (Å²) in [6, 6.07) is 2.71. The van der Waals surface area contributed by atoms with Gasteiger partial charge in [0.15, 0.2) is 0 Å². The highest BCUT2D eigenvalue weighted by molar-refractivity contribution is 5.99. The van der Waals surface area contributed by atoms with Gasteiger partial charge in [-0.15, -0.1) is 0 Å². The Bertz CT molecular complexity index is 560. The second kappa shape index (κ2) is 5.38. The van der Waals surface area contributed by atoms with Crippen molar-refractivity contribution >= 4 is 11.8 Å². The van der Waals surface area contributed by atoms with E-state index in [-0.39, 0.29) is 23.8 Å². The highest BCUT2D eigenvalue weighted by atomic mass is 16.2. The number of imide groups is 1. The lowest BCUT2D eigenvalue weighted by Crippen LogP contribution is -2.44. The Balaban J connectivity index is 2.30. The number of carbonyl (C=O) groups is 2. The molecule has 2 amide bonds. The van der Waals surface area contributed by atoms with Gasteiger partial charge in [0, 0.05) is 18.7 Å². The first-order valence-corrected chi connectivity index (χ1v) is 6.52. The summed E-state index contributed by atoms with van der Waals surface area (Å²) in [5, 5.41) is 2.28. The molecule has 2 heterocycles. The van der Waals surface area contributed by atoms with Crippen LogP contribution < -0.4 is 10.9 Å². The van der Waals surface area contributed by atoms with Crippen LogP contribution in [0.15, 0.2) is 23.1 Å². The smallest absolute Gasteiger partial charge is 0.251 e. The number of hydrogen-bond acceptors (Lipinski definition) is 3. The van der Waals surface area contributed by atoms with E-state index in [1.54, 1.807) is 12.3 Å². The fourth-order valence-corrected chi connectivity index (χ4v) is 2.33. The molecule has 0 saturated carbocycles. The molecule has 1 unspecified atom stereocenters. The van der Waals surface area contributed by atoms with Crippen LogP contribution in [0.4, 0.5) is 0 Å². The zero-order valence-corrected chi connectivity index (χ0v) is 11.2. The summed E-state index contributed by atoms with van der Waals surface area (Å²) < 4.78 is 1.44. The van der Waals surface area contributed by atoms with E-state index < -0.39 is 6.04 Å². The lowest BCUT2D eigenvalue weighted by atomic mass is 10.0. The Labute approximate surface area is 111 Å². The summed E-state index contributed by atoms with van der Waals surface area (Å²) in [7, 11) is 0. The zero-order valence-electron chi connectivity index (χ0n) is 11.2. The standard InChI is InChI=1S/C14H18N2O3/c1-9(2)7-10-3-6-13(18)16(8-10)11-4-5-12(17)15-14(11)19/h3,6,8-9,11H,4-5,7H2,1-2H3,(H,15,17,19). The SMILES string of the molecule is CC(C)Cc1ccc(=O)n(C2CCC(=O)NC2=O)c1. The van der Waals surface area contributed by atoms with Crippen LogP contribution in [0.3, 0.4) is 0 Å². The normalized spacial score (nSPS) is 19.6. The summed E-state index contributed by atoms with van der Waals surface area (Å²) in [4.78, 5) is 34.8. The van der Waals surface area contributed by atoms with Gasteiger partial charge in [-0.25, -0.2) is 0 Å². The summed E-state index contributed by atoms with van der Waals surface area (Å²) in [5.41, 5.74) is 0.821. The molecule has 1 aromatic heterocycles. The fourth-order valence-electron chi connectivity index (χ4n) is 2.33. The van der Waals surface area contributed by atoms with E-state index in [2.05, 4.69) is 19.2 Å². The molecule has 1 atom stereocenters. The van der Waals surface area contributed by atoms with Crippen LogP contribution in [0.25, 0.3) is 0 Å². The van der Waals surface area contributed by atoms with Crippen molar-refractivity contribution in [1.29, 1.82) is 0 Å². The number of hydrogen-bond donors (Lipinski definition) is 1. The summed E-state index contributed by atoms with van der Waals surface area (Å²) in [6.07, 6.45) is 3.25. The molecule has 1 saturated heterocycles. The van der Waals surface area contributed by atoms with Gasteiger partial charge in [-0.1, -0.05) is 19.9 Å². The monoisotopic (exact) mass is 262 g/mol. The highest BCUT2D eigenvalue weighted by Gasteiger charge is 2.28. The van der Waals surface area contributed by atoms with Crippen molar-refractivity contribution in [2.75, 3.05) is 0 Å².